The van der Waals surface area contributed by atoms with E-state index in [1.807, 2.05) is 67.6 Å². The molecule has 5 nitrogen and oxygen atoms in total. The Morgan fingerprint density at radius 1 is 1.08 bits per heavy atom. The lowest BCUT2D eigenvalue weighted by molar-refractivity contribution is -0.144. The van der Waals surface area contributed by atoms with Crippen LogP contribution in [-0.2, 0) is 21.9 Å². The van der Waals surface area contributed by atoms with Gasteiger partial charge in [0.25, 0.3) is 5.89 Å². The third-order valence-electron chi connectivity index (χ3n) is 3.50. The van der Waals surface area contributed by atoms with Crippen LogP contribution in [0, 0.1) is 0 Å². The van der Waals surface area contributed by atoms with Crippen LogP contribution >= 0.6 is 11.8 Å². The van der Waals surface area contributed by atoms with Gasteiger partial charge in [0, 0.05) is 11.3 Å². The van der Waals surface area contributed by atoms with E-state index in [1.165, 1.54) is 17.3 Å². The van der Waals surface area contributed by atoms with Crippen molar-refractivity contribution in [3.63, 3.8) is 0 Å². The van der Waals surface area contributed by atoms with Crippen molar-refractivity contribution in [2.45, 2.75) is 24.5 Å². The summed E-state index contributed by atoms with van der Waals surface area (Å²) in [5.41, 5.74) is 2.01. The molecule has 128 valence electrons. The van der Waals surface area contributed by atoms with E-state index in [4.69, 9.17) is 9.15 Å². The van der Waals surface area contributed by atoms with Crippen LogP contribution in [0.4, 0.5) is 0 Å². The van der Waals surface area contributed by atoms with E-state index < -0.39 is 0 Å². The van der Waals surface area contributed by atoms with Crippen molar-refractivity contribution in [3.05, 3.63) is 72.1 Å². The van der Waals surface area contributed by atoms with Gasteiger partial charge in [-0.3, -0.25) is 4.79 Å². The van der Waals surface area contributed by atoms with Gasteiger partial charge in [0.05, 0.1) is 5.25 Å². The Balaban J connectivity index is 1.48. The lowest BCUT2D eigenvalue weighted by Gasteiger charge is -2.10. The van der Waals surface area contributed by atoms with Crippen LogP contribution in [0.25, 0.3) is 11.5 Å². The molecule has 0 saturated heterocycles. The van der Waals surface area contributed by atoms with E-state index in [0.29, 0.717) is 5.89 Å². The summed E-state index contributed by atoms with van der Waals surface area (Å²) in [5.74, 6) is 1.17. The Morgan fingerprint density at radius 2 is 1.76 bits per heavy atom. The van der Waals surface area contributed by atoms with Crippen molar-refractivity contribution in [2.24, 2.45) is 0 Å². The number of nitrogens with zero attached hydrogens (tertiary/aromatic N) is 2. The van der Waals surface area contributed by atoms with E-state index in [1.54, 1.807) is 0 Å². The van der Waals surface area contributed by atoms with Gasteiger partial charge in [-0.1, -0.05) is 48.5 Å². The number of rotatable bonds is 7. The predicted molar refractivity (Wildman–Crippen MR) is 96.7 cm³/mol. The molecule has 1 heterocycles. The van der Waals surface area contributed by atoms with Crippen molar-refractivity contribution >= 4 is 17.7 Å². The van der Waals surface area contributed by atoms with Gasteiger partial charge in [-0.25, -0.2) is 0 Å². The molecule has 0 aliphatic carbocycles. The summed E-state index contributed by atoms with van der Waals surface area (Å²) in [6.45, 7) is 1.81. The molecular weight excluding hydrogens is 336 g/mol. The van der Waals surface area contributed by atoms with Crippen molar-refractivity contribution in [2.75, 3.05) is 0 Å². The number of ether oxygens (including phenoxy) is 1. The highest BCUT2D eigenvalue weighted by Crippen LogP contribution is 2.20. The molecule has 0 radical (unpaired) electrons. The summed E-state index contributed by atoms with van der Waals surface area (Å²) in [6, 6.07) is 19.5. The average molecular weight is 354 g/mol. The smallest absolute Gasteiger partial charge is 0.319 e. The van der Waals surface area contributed by atoms with Crippen LogP contribution in [0.3, 0.4) is 0 Å². The molecule has 3 rings (SSSR count). The Morgan fingerprint density at radius 3 is 2.48 bits per heavy atom. The van der Waals surface area contributed by atoms with Gasteiger partial charge in [0.15, 0.2) is 6.61 Å². The third kappa shape index (κ3) is 4.93. The Kier molecular flexibility index (Phi) is 5.85. The second-order valence-electron chi connectivity index (χ2n) is 5.41. The van der Waals surface area contributed by atoms with E-state index in [9.17, 15) is 4.79 Å². The predicted octanol–water partition coefficient (Wildman–Crippen LogP) is 4.10. The van der Waals surface area contributed by atoms with Gasteiger partial charge in [-0.15, -0.1) is 22.0 Å². The highest BCUT2D eigenvalue weighted by Gasteiger charge is 2.17. The number of thioether (sulfide) groups is 1. The first-order chi connectivity index (χ1) is 12.2. The quantitative estimate of drug-likeness (QED) is 0.595. The summed E-state index contributed by atoms with van der Waals surface area (Å²) in [7, 11) is 0. The molecule has 0 aliphatic heterocycles. The lowest BCUT2D eigenvalue weighted by Crippen LogP contribution is -2.17. The minimum atomic E-state index is -0.291. The SMILES string of the molecule is CC(SCc1ccccc1)C(=O)OCc1nnc(-c2ccccc2)o1. The summed E-state index contributed by atoms with van der Waals surface area (Å²) < 4.78 is 10.8. The van der Waals surface area contributed by atoms with Crippen LogP contribution in [0.5, 0.6) is 0 Å². The Bertz CT molecular complexity index is 806. The fourth-order valence-electron chi connectivity index (χ4n) is 2.12. The molecule has 25 heavy (non-hydrogen) atoms. The zero-order chi connectivity index (χ0) is 17.5. The molecule has 6 heteroatoms. The highest BCUT2D eigenvalue weighted by atomic mass is 32.2. The maximum Gasteiger partial charge on any atom is 0.319 e. The molecule has 3 aromatic rings. The molecule has 0 amide bonds. The average Bonchev–Trinajstić information content (AvgIpc) is 3.15. The van der Waals surface area contributed by atoms with E-state index in [-0.39, 0.29) is 23.7 Å². The fraction of sp³-hybridized carbons (Fsp3) is 0.211. The number of benzene rings is 2. The second kappa shape index (κ2) is 8.48. The van der Waals surface area contributed by atoms with Crippen LogP contribution in [0.1, 0.15) is 18.4 Å². The third-order valence-corrected chi connectivity index (χ3v) is 4.69. The monoisotopic (exact) mass is 354 g/mol. The summed E-state index contributed by atoms with van der Waals surface area (Å²) in [6.07, 6.45) is 0. The molecule has 0 fully saturated rings. The van der Waals surface area contributed by atoms with Crippen molar-refractivity contribution in [1.29, 1.82) is 0 Å². The number of hydrogen-bond donors (Lipinski definition) is 0. The fourth-order valence-corrected chi connectivity index (χ4v) is 2.96. The van der Waals surface area contributed by atoms with E-state index in [2.05, 4.69) is 10.2 Å². The summed E-state index contributed by atoms with van der Waals surface area (Å²) in [5, 5.41) is 7.62. The number of hydrogen-bond acceptors (Lipinski definition) is 6. The zero-order valence-corrected chi connectivity index (χ0v) is 14.6. The summed E-state index contributed by atoms with van der Waals surface area (Å²) >= 11 is 1.53. The Labute approximate surface area is 150 Å². The first-order valence-corrected chi connectivity index (χ1v) is 8.97. The normalized spacial score (nSPS) is 11.9. The maximum absolute atomic E-state index is 12.1. The van der Waals surface area contributed by atoms with E-state index in [0.717, 1.165) is 11.3 Å². The molecule has 0 N–H and O–H groups in total. The first-order valence-electron chi connectivity index (χ1n) is 7.92. The molecule has 2 aromatic carbocycles. The van der Waals surface area contributed by atoms with Gasteiger partial charge in [0.1, 0.15) is 0 Å². The first kappa shape index (κ1) is 17.2. The van der Waals surface area contributed by atoms with Gasteiger partial charge < -0.3 is 9.15 Å². The van der Waals surface area contributed by atoms with Crippen molar-refractivity contribution in [1.82, 2.24) is 10.2 Å². The van der Waals surface area contributed by atoms with E-state index >= 15 is 0 Å². The lowest BCUT2D eigenvalue weighted by atomic mass is 10.2. The molecule has 0 aliphatic rings. The zero-order valence-electron chi connectivity index (χ0n) is 13.8. The van der Waals surface area contributed by atoms with Crippen LogP contribution in [0.15, 0.2) is 65.1 Å². The molecule has 1 aromatic heterocycles. The molecule has 0 saturated carbocycles. The van der Waals surface area contributed by atoms with Gasteiger partial charge in [-0.05, 0) is 24.6 Å². The van der Waals surface area contributed by atoms with Crippen molar-refractivity contribution < 1.29 is 13.9 Å². The maximum atomic E-state index is 12.1. The molecule has 0 bridgehead atoms. The van der Waals surface area contributed by atoms with Gasteiger partial charge in [-0.2, -0.15) is 0 Å². The molecule has 1 unspecified atom stereocenters. The number of carbonyl (C=O) groups is 1. The number of esters is 1. The van der Waals surface area contributed by atoms with Gasteiger partial charge in [0.2, 0.25) is 5.89 Å². The highest BCUT2D eigenvalue weighted by molar-refractivity contribution is 7.99. The minimum absolute atomic E-state index is 0.0189. The minimum Gasteiger partial charge on any atom is -0.455 e. The molecule has 0 spiro atoms. The molecular formula is C19H18N2O3S. The van der Waals surface area contributed by atoms with Crippen LogP contribution < -0.4 is 0 Å². The Hall–Kier alpha value is -2.60. The second-order valence-corrected chi connectivity index (χ2v) is 6.74. The standard InChI is InChI=1S/C19H18N2O3S/c1-14(25-13-15-8-4-2-5-9-15)19(22)23-12-17-20-21-18(24-17)16-10-6-3-7-11-16/h2-11,14H,12-13H2,1H3. The largest absolute Gasteiger partial charge is 0.455 e. The molecule has 1 atom stereocenters. The van der Waals surface area contributed by atoms with Crippen LogP contribution in [-0.4, -0.2) is 21.4 Å². The number of aromatic nitrogens is 2. The van der Waals surface area contributed by atoms with Crippen molar-refractivity contribution in [3.8, 4) is 11.5 Å². The van der Waals surface area contributed by atoms with Gasteiger partial charge >= 0.3 is 5.97 Å². The summed E-state index contributed by atoms with van der Waals surface area (Å²) in [4.78, 5) is 12.1. The number of carbonyl (C=O) groups excluding carboxylic acids is 1. The topological polar surface area (TPSA) is 65.2 Å². The van der Waals surface area contributed by atoms with Crippen LogP contribution in [0.2, 0.25) is 0 Å².